The standard InChI is InChI=1S/C41H19F6N5/c1-50-26-12-15-37-31(20-26)29-7-3-5-9-35(29)52(37)39-18-24(27-13-11-25(40(42,43)44)19-33(27)41(45,46)47)17-38(32(39)22-49)51-34-8-4-2-6-28(34)30-16-23(21-48)10-14-36(30)51/h2-20H. The number of benzene rings is 6. The highest BCUT2D eigenvalue weighted by atomic mass is 19.4. The van der Waals surface area contributed by atoms with Crippen molar-refractivity contribution in [2.75, 3.05) is 0 Å². The van der Waals surface area contributed by atoms with Gasteiger partial charge in [-0.15, -0.1) is 0 Å². The molecular formula is C41H19F6N5. The summed E-state index contributed by atoms with van der Waals surface area (Å²) in [5.41, 5.74) is -0.154. The van der Waals surface area contributed by atoms with E-state index in [0.717, 1.165) is 6.07 Å². The molecule has 0 N–H and O–H groups in total. The number of alkyl halides is 6. The lowest BCUT2D eigenvalue weighted by atomic mass is 9.94. The molecule has 6 aromatic carbocycles. The van der Waals surface area contributed by atoms with E-state index >= 15 is 0 Å². The van der Waals surface area contributed by atoms with Crippen molar-refractivity contribution in [2.45, 2.75) is 12.4 Å². The Labute approximate surface area is 290 Å². The van der Waals surface area contributed by atoms with Crippen LogP contribution in [0.2, 0.25) is 0 Å². The summed E-state index contributed by atoms with van der Waals surface area (Å²) in [5, 5.41) is 23.4. The van der Waals surface area contributed by atoms with Crippen molar-refractivity contribution < 1.29 is 26.3 Å². The molecule has 11 heteroatoms. The van der Waals surface area contributed by atoms with Crippen molar-refractivity contribution in [2.24, 2.45) is 0 Å². The van der Waals surface area contributed by atoms with Gasteiger partial charge in [-0.1, -0.05) is 48.5 Å². The minimum Gasteiger partial charge on any atom is -0.308 e. The number of nitriles is 2. The second kappa shape index (κ2) is 11.5. The topological polar surface area (TPSA) is 61.8 Å². The van der Waals surface area contributed by atoms with Crippen molar-refractivity contribution in [3.8, 4) is 34.6 Å². The van der Waals surface area contributed by atoms with Gasteiger partial charge in [0.05, 0.1) is 62.8 Å². The van der Waals surface area contributed by atoms with Crippen LogP contribution < -0.4 is 0 Å². The molecular weight excluding hydrogens is 676 g/mol. The van der Waals surface area contributed by atoms with Gasteiger partial charge < -0.3 is 9.13 Å². The number of halogens is 6. The Balaban J connectivity index is 1.57. The fraction of sp³-hybridized carbons (Fsp3) is 0.0488. The van der Waals surface area contributed by atoms with Gasteiger partial charge in [-0.05, 0) is 83.2 Å². The molecule has 52 heavy (non-hydrogen) atoms. The lowest BCUT2D eigenvalue weighted by Gasteiger charge is -2.21. The maximum Gasteiger partial charge on any atom is 0.417 e. The summed E-state index contributed by atoms with van der Waals surface area (Å²) < 4.78 is 88.7. The van der Waals surface area contributed by atoms with Crippen molar-refractivity contribution in [1.82, 2.24) is 9.13 Å². The molecule has 0 amide bonds. The van der Waals surface area contributed by atoms with Crippen LogP contribution in [-0.2, 0) is 12.4 Å². The van der Waals surface area contributed by atoms with Crippen LogP contribution in [0, 0.1) is 29.2 Å². The fourth-order valence-electron chi connectivity index (χ4n) is 7.03. The highest BCUT2D eigenvalue weighted by Gasteiger charge is 2.39. The third-order valence-corrected chi connectivity index (χ3v) is 9.24. The first kappa shape index (κ1) is 32.2. The molecule has 0 fully saturated rings. The smallest absolute Gasteiger partial charge is 0.308 e. The molecule has 0 bridgehead atoms. The van der Waals surface area contributed by atoms with E-state index in [-0.39, 0.29) is 28.6 Å². The predicted molar refractivity (Wildman–Crippen MR) is 186 cm³/mol. The Bertz CT molecular complexity index is 2770. The summed E-state index contributed by atoms with van der Waals surface area (Å²) in [7, 11) is 0. The molecule has 8 aromatic rings. The Kier molecular flexibility index (Phi) is 7.13. The molecule has 2 aromatic heterocycles. The Hall–Kier alpha value is -7.03. The highest BCUT2D eigenvalue weighted by Crippen LogP contribution is 2.45. The fourth-order valence-corrected chi connectivity index (χ4v) is 7.03. The van der Waals surface area contributed by atoms with Gasteiger partial charge in [0.1, 0.15) is 11.6 Å². The van der Waals surface area contributed by atoms with Crippen LogP contribution >= 0.6 is 0 Å². The molecule has 5 nitrogen and oxygen atoms in total. The molecule has 2 heterocycles. The summed E-state index contributed by atoms with van der Waals surface area (Å²) in [6, 6.07) is 33.0. The molecule has 0 aliphatic carbocycles. The zero-order valence-corrected chi connectivity index (χ0v) is 26.5. The Morgan fingerprint density at radius 1 is 0.558 bits per heavy atom. The lowest BCUT2D eigenvalue weighted by molar-refractivity contribution is -0.142. The zero-order chi connectivity index (χ0) is 36.5. The van der Waals surface area contributed by atoms with Crippen molar-refractivity contribution in [1.29, 1.82) is 10.5 Å². The monoisotopic (exact) mass is 695 g/mol. The van der Waals surface area contributed by atoms with Gasteiger partial charge in [-0.3, -0.25) is 0 Å². The average Bonchev–Trinajstić information content (AvgIpc) is 3.65. The summed E-state index contributed by atoms with van der Waals surface area (Å²) in [4.78, 5) is 3.55. The number of hydrogen-bond donors (Lipinski definition) is 0. The van der Waals surface area contributed by atoms with Gasteiger partial charge in [-0.25, -0.2) is 4.85 Å². The Morgan fingerprint density at radius 2 is 1.12 bits per heavy atom. The molecule has 0 radical (unpaired) electrons. The quantitative estimate of drug-likeness (QED) is 0.136. The second-order valence-corrected chi connectivity index (χ2v) is 12.1. The summed E-state index contributed by atoms with van der Waals surface area (Å²) >= 11 is 0. The molecule has 0 aliphatic rings. The van der Waals surface area contributed by atoms with Gasteiger partial charge in [0.2, 0.25) is 0 Å². The number of hydrogen-bond acceptors (Lipinski definition) is 2. The molecule has 0 aliphatic heterocycles. The van der Waals surface area contributed by atoms with Gasteiger partial charge in [0.25, 0.3) is 0 Å². The number of rotatable bonds is 3. The zero-order valence-electron chi connectivity index (χ0n) is 26.5. The first-order valence-corrected chi connectivity index (χ1v) is 15.6. The van der Waals surface area contributed by atoms with Crippen LogP contribution in [0.1, 0.15) is 22.3 Å². The number of aromatic nitrogens is 2. The molecule has 250 valence electrons. The Morgan fingerprint density at radius 3 is 1.65 bits per heavy atom. The van der Waals surface area contributed by atoms with E-state index in [2.05, 4.69) is 17.0 Å². The van der Waals surface area contributed by atoms with E-state index < -0.39 is 29.0 Å². The van der Waals surface area contributed by atoms with Crippen molar-refractivity contribution in [3.05, 3.63) is 149 Å². The van der Waals surface area contributed by atoms with E-state index in [9.17, 15) is 36.9 Å². The van der Waals surface area contributed by atoms with Crippen LogP contribution in [0.15, 0.2) is 115 Å². The number of nitrogens with zero attached hydrogens (tertiary/aromatic N) is 5. The number of fused-ring (bicyclic) bond motifs is 6. The molecule has 8 rings (SSSR count). The first-order valence-electron chi connectivity index (χ1n) is 15.6. The molecule has 0 spiro atoms. The van der Waals surface area contributed by atoms with E-state index in [1.165, 1.54) is 12.1 Å². The van der Waals surface area contributed by atoms with Gasteiger partial charge >= 0.3 is 12.4 Å². The highest BCUT2D eigenvalue weighted by molar-refractivity contribution is 6.12. The van der Waals surface area contributed by atoms with Gasteiger partial charge in [-0.2, -0.15) is 36.9 Å². The SMILES string of the molecule is [C-]#[N+]c1ccc2c(c1)c1ccccc1n2-c1cc(-c2ccc(C(F)(F)F)cc2C(F)(F)F)cc(-n2c3ccccc3c3cc(C#N)ccc32)c1C#N. The summed E-state index contributed by atoms with van der Waals surface area (Å²) in [6.45, 7) is 7.57. The van der Waals surface area contributed by atoms with Crippen LogP contribution in [0.4, 0.5) is 32.0 Å². The minimum atomic E-state index is -5.17. The van der Waals surface area contributed by atoms with Crippen molar-refractivity contribution >= 4 is 49.3 Å². The normalized spacial score (nSPS) is 12.0. The average molecular weight is 696 g/mol. The predicted octanol–water partition coefficient (Wildman–Crippen LogP) is 11.9. The summed E-state index contributed by atoms with van der Waals surface area (Å²) in [5.74, 6) is 0. The minimum absolute atomic E-state index is 0.0631. The van der Waals surface area contributed by atoms with Crippen LogP contribution in [0.25, 0.3) is 71.0 Å². The third-order valence-electron chi connectivity index (χ3n) is 9.24. The van der Waals surface area contributed by atoms with Crippen LogP contribution in [0.3, 0.4) is 0 Å². The number of para-hydroxylation sites is 2. The lowest BCUT2D eigenvalue weighted by Crippen LogP contribution is -2.12. The molecule has 0 saturated carbocycles. The van der Waals surface area contributed by atoms with E-state index in [4.69, 9.17) is 6.57 Å². The van der Waals surface area contributed by atoms with E-state index in [0.29, 0.717) is 60.9 Å². The third kappa shape index (κ3) is 4.93. The maximum atomic E-state index is 14.7. The maximum absolute atomic E-state index is 14.7. The largest absolute Gasteiger partial charge is 0.417 e. The van der Waals surface area contributed by atoms with Gasteiger partial charge in [0, 0.05) is 16.2 Å². The first-order chi connectivity index (χ1) is 24.9. The van der Waals surface area contributed by atoms with Gasteiger partial charge in [0.15, 0.2) is 5.69 Å². The molecule has 0 atom stereocenters. The van der Waals surface area contributed by atoms with E-state index in [1.807, 2.05) is 12.1 Å². The van der Waals surface area contributed by atoms with Crippen LogP contribution in [-0.4, -0.2) is 9.13 Å². The van der Waals surface area contributed by atoms with Crippen molar-refractivity contribution in [3.63, 3.8) is 0 Å². The molecule has 0 unspecified atom stereocenters. The second-order valence-electron chi connectivity index (χ2n) is 12.1. The summed E-state index contributed by atoms with van der Waals surface area (Å²) in [6.07, 6.45) is -10.2. The molecule has 0 saturated heterocycles. The van der Waals surface area contributed by atoms with Crippen LogP contribution in [0.5, 0.6) is 0 Å². The van der Waals surface area contributed by atoms with E-state index in [1.54, 1.807) is 81.9 Å².